The zero-order valence-electron chi connectivity index (χ0n) is 19.6. The fourth-order valence-corrected chi connectivity index (χ4v) is 7.39. The molecule has 1 saturated heterocycles. The number of amides is 1. The Kier molecular flexibility index (Phi) is 5.02. The van der Waals surface area contributed by atoms with Crippen molar-refractivity contribution >= 4 is 22.8 Å². The van der Waals surface area contributed by atoms with Gasteiger partial charge in [0.2, 0.25) is 11.9 Å². The smallest absolute Gasteiger partial charge is 0.226 e. The molecular formula is C26H34N4O3. The predicted molar refractivity (Wildman–Crippen MR) is 126 cm³/mol. The van der Waals surface area contributed by atoms with Crippen LogP contribution in [0.1, 0.15) is 50.6 Å². The minimum atomic E-state index is -0.465. The Balaban J connectivity index is 1.17. The van der Waals surface area contributed by atoms with Gasteiger partial charge in [-0.15, -0.1) is 0 Å². The molecule has 176 valence electrons. The molecule has 7 rings (SSSR count). The van der Waals surface area contributed by atoms with E-state index in [1.807, 2.05) is 25.1 Å². The number of hydrogen-bond acceptors (Lipinski definition) is 6. The molecule has 3 atom stereocenters. The van der Waals surface area contributed by atoms with Gasteiger partial charge >= 0.3 is 0 Å². The van der Waals surface area contributed by atoms with Crippen molar-refractivity contribution in [1.82, 2.24) is 15.3 Å². The lowest BCUT2D eigenvalue weighted by atomic mass is 9.52. The van der Waals surface area contributed by atoms with Crippen LogP contribution in [-0.2, 0) is 4.79 Å². The van der Waals surface area contributed by atoms with Crippen molar-refractivity contribution < 1.29 is 14.6 Å². The van der Waals surface area contributed by atoms with E-state index in [2.05, 4.69) is 10.2 Å². The highest BCUT2D eigenvalue weighted by Crippen LogP contribution is 2.55. The van der Waals surface area contributed by atoms with Crippen LogP contribution in [0.5, 0.6) is 5.75 Å². The van der Waals surface area contributed by atoms with Crippen LogP contribution in [0.4, 0.5) is 5.95 Å². The van der Waals surface area contributed by atoms with Gasteiger partial charge in [-0.2, -0.15) is 0 Å². The summed E-state index contributed by atoms with van der Waals surface area (Å²) < 4.78 is 5.37. The van der Waals surface area contributed by atoms with E-state index < -0.39 is 5.60 Å². The van der Waals surface area contributed by atoms with Gasteiger partial charge in [0.05, 0.1) is 29.8 Å². The Morgan fingerprint density at radius 3 is 2.73 bits per heavy atom. The molecule has 5 fully saturated rings. The van der Waals surface area contributed by atoms with E-state index in [4.69, 9.17) is 14.7 Å². The number of benzene rings is 1. The topological polar surface area (TPSA) is 87.6 Å². The number of methoxy groups -OCH3 is 1. The van der Waals surface area contributed by atoms with Crippen molar-refractivity contribution in [2.45, 2.75) is 63.5 Å². The van der Waals surface area contributed by atoms with E-state index in [-0.39, 0.29) is 17.9 Å². The zero-order valence-corrected chi connectivity index (χ0v) is 19.6. The number of carbonyl (C=O) groups excluding carboxylic acids is 1. The lowest BCUT2D eigenvalue weighted by molar-refractivity contribution is -0.148. The van der Waals surface area contributed by atoms with E-state index >= 15 is 0 Å². The highest BCUT2D eigenvalue weighted by molar-refractivity contribution is 5.83. The fourth-order valence-electron chi connectivity index (χ4n) is 7.39. The van der Waals surface area contributed by atoms with Crippen LogP contribution in [0.2, 0.25) is 0 Å². The Labute approximate surface area is 194 Å². The molecule has 2 aromatic rings. The first-order chi connectivity index (χ1) is 15.9. The SMILES string of the molecule is COc1ccc2c(C)nc(N3CCCC(C(=O)NC4C5CC6CC4CC(O)(C6)C5)C3)nc2c1. The molecule has 4 saturated carbocycles. The predicted octanol–water partition coefficient (Wildman–Crippen LogP) is 3.22. The number of aromatic nitrogens is 2. The summed E-state index contributed by atoms with van der Waals surface area (Å²) >= 11 is 0. The summed E-state index contributed by atoms with van der Waals surface area (Å²) in [5.41, 5.74) is 1.35. The summed E-state index contributed by atoms with van der Waals surface area (Å²) in [6.45, 7) is 3.52. The summed E-state index contributed by atoms with van der Waals surface area (Å²) in [4.78, 5) is 25.1. The molecule has 33 heavy (non-hydrogen) atoms. The number of nitrogens with zero attached hydrogens (tertiary/aromatic N) is 3. The van der Waals surface area contributed by atoms with Crippen molar-refractivity contribution in [3.63, 3.8) is 0 Å². The first-order valence-electron chi connectivity index (χ1n) is 12.5. The van der Waals surface area contributed by atoms with E-state index in [1.54, 1.807) is 7.11 Å². The van der Waals surface area contributed by atoms with Crippen LogP contribution in [-0.4, -0.2) is 52.8 Å². The molecule has 4 aliphatic carbocycles. The molecule has 5 aliphatic rings. The van der Waals surface area contributed by atoms with E-state index in [9.17, 15) is 9.90 Å². The third-order valence-electron chi connectivity index (χ3n) is 8.71. The molecule has 4 bridgehead atoms. The Hall–Kier alpha value is -2.41. The Bertz CT molecular complexity index is 1070. The van der Waals surface area contributed by atoms with E-state index in [0.717, 1.165) is 73.8 Å². The molecule has 2 N–H and O–H groups in total. The normalized spacial score (nSPS) is 35.1. The Morgan fingerprint density at radius 1 is 1.21 bits per heavy atom. The largest absolute Gasteiger partial charge is 0.497 e. The molecule has 0 spiro atoms. The molecule has 1 aromatic carbocycles. The van der Waals surface area contributed by atoms with Crippen LogP contribution < -0.4 is 15.0 Å². The van der Waals surface area contributed by atoms with Crippen LogP contribution in [0.3, 0.4) is 0 Å². The molecule has 1 aromatic heterocycles. The third kappa shape index (κ3) is 3.74. The number of hydrogen-bond donors (Lipinski definition) is 2. The van der Waals surface area contributed by atoms with E-state index in [1.165, 1.54) is 0 Å². The van der Waals surface area contributed by atoms with Crippen LogP contribution in [0, 0.1) is 30.6 Å². The second kappa shape index (κ2) is 7.83. The van der Waals surface area contributed by atoms with Gasteiger partial charge in [0, 0.05) is 30.6 Å². The highest BCUT2D eigenvalue weighted by Gasteiger charge is 2.55. The monoisotopic (exact) mass is 450 g/mol. The van der Waals surface area contributed by atoms with E-state index in [0.29, 0.717) is 30.2 Å². The number of fused-ring (bicyclic) bond motifs is 1. The van der Waals surface area contributed by atoms with Gasteiger partial charge in [-0.25, -0.2) is 9.97 Å². The summed E-state index contributed by atoms with van der Waals surface area (Å²) in [6, 6.07) is 6.11. The Morgan fingerprint density at radius 2 is 2.00 bits per heavy atom. The number of piperidine rings is 1. The molecule has 0 radical (unpaired) electrons. The van der Waals surface area contributed by atoms with Gasteiger partial charge in [-0.05, 0) is 81.8 Å². The lowest BCUT2D eigenvalue weighted by Crippen LogP contribution is -2.62. The molecule has 1 aliphatic heterocycles. The van der Waals surface area contributed by atoms with Crippen LogP contribution >= 0.6 is 0 Å². The molecule has 7 nitrogen and oxygen atoms in total. The summed E-state index contributed by atoms with van der Waals surface area (Å²) in [7, 11) is 1.66. The van der Waals surface area contributed by atoms with Crippen LogP contribution in [0.15, 0.2) is 18.2 Å². The number of aliphatic hydroxyl groups is 1. The summed E-state index contributed by atoms with van der Waals surface area (Å²) in [5, 5.41) is 15.3. The zero-order chi connectivity index (χ0) is 22.7. The number of aryl methyl sites for hydroxylation is 1. The number of ether oxygens (including phenoxy) is 1. The number of nitrogens with one attached hydrogen (secondary N) is 1. The molecule has 1 amide bonds. The van der Waals surface area contributed by atoms with Gasteiger partial charge in [0.25, 0.3) is 0 Å². The first kappa shape index (κ1) is 21.1. The first-order valence-corrected chi connectivity index (χ1v) is 12.5. The molecule has 2 heterocycles. The maximum Gasteiger partial charge on any atom is 0.226 e. The van der Waals surface area contributed by atoms with Gasteiger partial charge < -0.3 is 20.1 Å². The molecule has 3 unspecified atom stereocenters. The van der Waals surface area contributed by atoms with Crippen LogP contribution in [0.25, 0.3) is 10.9 Å². The summed E-state index contributed by atoms with van der Waals surface area (Å²) in [6.07, 6.45) is 6.86. The minimum absolute atomic E-state index is 0.0519. The standard InChI is InChI=1S/C26H34N4O3/c1-15-21-6-5-20(33-2)10-22(21)28-25(27-15)30-7-3-4-17(14-30)24(31)29-23-18-8-16-9-19(23)13-26(32,11-16)12-18/h5-6,10,16-19,23,32H,3-4,7-9,11-14H2,1-2H3,(H,29,31). The van der Waals surface area contributed by atoms with Crippen molar-refractivity contribution in [3.8, 4) is 5.75 Å². The highest BCUT2D eigenvalue weighted by atomic mass is 16.5. The van der Waals surface area contributed by atoms with Crippen molar-refractivity contribution in [2.24, 2.45) is 23.7 Å². The summed E-state index contributed by atoms with van der Waals surface area (Å²) in [5.74, 6) is 3.12. The molecule has 7 heteroatoms. The second-order valence-corrected chi connectivity index (χ2v) is 11.0. The van der Waals surface area contributed by atoms with Crippen molar-refractivity contribution in [1.29, 1.82) is 0 Å². The number of anilines is 1. The molecular weight excluding hydrogens is 416 g/mol. The third-order valence-corrected chi connectivity index (χ3v) is 8.71. The number of rotatable bonds is 4. The van der Waals surface area contributed by atoms with Gasteiger partial charge in [-0.1, -0.05) is 0 Å². The average Bonchev–Trinajstić information content (AvgIpc) is 2.80. The average molecular weight is 451 g/mol. The fraction of sp³-hybridized carbons (Fsp3) is 0.654. The van der Waals surface area contributed by atoms with Crippen molar-refractivity contribution in [3.05, 3.63) is 23.9 Å². The maximum absolute atomic E-state index is 13.4. The maximum atomic E-state index is 13.4. The second-order valence-electron chi connectivity index (χ2n) is 11.0. The number of carbonyl (C=O) groups is 1. The van der Waals surface area contributed by atoms with Gasteiger partial charge in [0.1, 0.15) is 5.75 Å². The van der Waals surface area contributed by atoms with Gasteiger partial charge in [0.15, 0.2) is 0 Å². The van der Waals surface area contributed by atoms with Crippen molar-refractivity contribution in [2.75, 3.05) is 25.1 Å². The minimum Gasteiger partial charge on any atom is -0.497 e. The quantitative estimate of drug-likeness (QED) is 0.744. The lowest BCUT2D eigenvalue weighted by Gasteiger charge is -2.58. The van der Waals surface area contributed by atoms with Gasteiger partial charge in [-0.3, -0.25) is 4.79 Å².